The van der Waals surface area contributed by atoms with E-state index >= 15 is 0 Å². The van der Waals surface area contributed by atoms with Crippen molar-refractivity contribution in [3.63, 3.8) is 0 Å². The molecule has 3 aromatic carbocycles. The van der Waals surface area contributed by atoms with Gasteiger partial charge in [-0.05, 0) is 67.6 Å². The molecule has 0 bridgehead atoms. The molecule has 1 heterocycles. The summed E-state index contributed by atoms with van der Waals surface area (Å²) < 4.78 is 5.84. The molecule has 1 aliphatic rings. The number of halogens is 1. The first-order chi connectivity index (χ1) is 15.4. The molecule has 7 nitrogen and oxygen atoms in total. The van der Waals surface area contributed by atoms with Crippen LogP contribution in [0.5, 0.6) is 0 Å². The Bertz CT molecular complexity index is 1250. The molecule has 0 aromatic heterocycles. The maximum absolute atomic E-state index is 13.0. The average Bonchev–Trinajstić information content (AvgIpc) is 3.04. The molecule has 0 radical (unpaired) electrons. The molecule has 8 heteroatoms. The van der Waals surface area contributed by atoms with Crippen LogP contribution in [0.2, 0.25) is 0 Å². The number of ether oxygens (including phenoxy) is 1. The zero-order valence-corrected chi connectivity index (χ0v) is 18.5. The third kappa shape index (κ3) is 4.04. The lowest BCUT2D eigenvalue weighted by molar-refractivity contribution is 0.0525. The predicted molar refractivity (Wildman–Crippen MR) is 122 cm³/mol. The highest BCUT2D eigenvalue weighted by atomic mass is 79.9. The summed E-state index contributed by atoms with van der Waals surface area (Å²) >= 11 is 3.32. The van der Waals surface area contributed by atoms with Crippen LogP contribution in [0.25, 0.3) is 0 Å². The van der Waals surface area contributed by atoms with E-state index in [2.05, 4.69) is 21.2 Å². The molecule has 3 amide bonds. The minimum atomic E-state index is -0.538. The van der Waals surface area contributed by atoms with E-state index in [1.165, 1.54) is 18.2 Å². The largest absolute Gasteiger partial charge is 0.462 e. The number of nitrogens with zero attached hydrogens (tertiary/aromatic N) is 1. The molecule has 1 aliphatic heterocycles. The molecule has 32 heavy (non-hydrogen) atoms. The first-order valence-electron chi connectivity index (χ1n) is 9.76. The number of benzene rings is 3. The van der Waals surface area contributed by atoms with Crippen LogP contribution in [0.1, 0.15) is 48.4 Å². The van der Waals surface area contributed by atoms with Crippen LogP contribution in [0.15, 0.2) is 71.2 Å². The summed E-state index contributed by atoms with van der Waals surface area (Å²) in [5, 5.41) is 2.74. The van der Waals surface area contributed by atoms with Crippen molar-refractivity contribution in [2.45, 2.75) is 6.92 Å². The molecule has 0 fully saturated rings. The maximum Gasteiger partial charge on any atom is 0.338 e. The van der Waals surface area contributed by atoms with Crippen LogP contribution in [-0.4, -0.2) is 30.3 Å². The van der Waals surface area contributed by atoms with Crippen molar-refractivity contribution in [2.24, 2.45) is 0 Å². The van der Waals surface area contributed by atoms with Gasteiger partial charge in [0.05, 0.1) is 29.0 Å². The van der Waals surface area contributed by atoms with Gasteiger partial charge in [0.2, 0.25) is 0 Å². The van der Waals surface area contributed by atoms with Crippen LogP contribution < -0.4 is 10.2 Å². The van der Waals surface area contributed by atoms with Gasteiger partial charge >= 0.3 is 5.97 Å². The van der Waals surface area contributed by atoms with Crippen molar-refractivity contribution in [3.05, 3.63) is 93.5 Å². The molecule has 160 valence electrons. The number of fused-ring (bicyclic) bond motifs is 1. The lowest BCUT2D eigenvalue weighted by Crippen LogP contribution is -2.29. The Balaban J connectivity index is 1.59. The van der Waals surface area contributed by atoms with Gasteiger partial charge in [-0.2, -0.15) is 0 Å². The van der Waals surface area contributed by atoms with Crippen LogP contribution in [-0.2, 0) is 4.74 Å². The summed E-state index contributed by atoms with van der Waals surface area (Å²) in [7, 11) is 0. The Hall–Kier alpha value is -3.78. The van der Waals surface area contributed by atoms with Crippen molar-refractivity contribution in [1.29, 1.82) is 0 Å². The normalized spacial score (nSPS) is 12.5. The Morgan fingerprint density at radius 2 is 1.62 bits per heavy atom. The minimum absolute atomic E-state index is 0.171. The van der Waals surface area contributed by atoms with E-state index in [-0.39, 0.29) is 34.9 Å². The smallest absolute Gasteiger partial charge is 0.338 e. The monoisotopic (exact) mass is 492 g/mol. The summed E-state index contributed by atoms with van der Waals surface area (Å²) in [6.45, 7) is 1.91. The van der Waals surface area contributed by atoms with Gasteiger partial charge in [-0.15, -0.1) is 0 Å². The highest BCUT2D eigenvalue weighted by Gasteiger charge is 2.37. The van der Waals surface area contributed by atoms with Gasteiger partial charge in [0.15, 0.2) is 0 Å². The molecule has 0 unspecified atom stereocenters. The number of imide groups is 1. The van der Waals surface area contributed by atoms with E-state index in [9.17, 15) is 19.2 Å². The molecule has 1 N–H and O–H groups in total. The summed E-state index contributed by atoms with van der Waals surface area (Å²) in [4.78, 5) is 51.4. The fourth-order valence-corrected chi connectivity index (χ4v) is 3.61. The van der Waals surface area contributed by atoms with Crippen molar-refractivity contribution >= 4 is 51.0 Å². The average molecular weight is 493 g/mol. The van der Waals surface area contributed by atoms with Gasteiger partial charge in [0.1, 0.15) is 0 Å². The quantitative estimate of drug-likeness (QED) is 0.412. The minimum Gasteiger partial charge on any atom is -0.462 e. The predicted octanol–water partition coefficient (Wildman–Crippen LogP) is 4.68. The zero-order valence-electron chi connectivity index (χ0n) is 16.9. The molecule has 0 spiro atoms. The molecule has 0 atom stereocenters. The van der Waals surface area contributed by atoms with Crippen LogP contribution in [0, 0.1) is 0 Å². The Morgan fingerprint density at radius 1 is 0.906 bits per heavy atom. The van der Waals surface area contributed by atoms with Gasteiger partial charge in [-0.25, -0.2) is 9.69 Å². The lowest BCUT2D eigenvalue weighted by Gasteiger charge is -2.14. The molecule has 0 aliphatic carbocycles. The van der Waals surface area contributed by atoms with Gasteiger partial charge in [0, 0.05) is 15.7 Å². The number of carbonyl (C=O) groups excluding carboxylic acids is 4. The van der Waals surface area contributed by atoms with Crippen LogP contribution >= 0.6 is 15.9 Å². The lowest BCUT2D eigenvalue weighted by atomic mass is 10.1. The van der Waals surface area contributed by atoms with Crippen molar-refractivity contribution in [3.8, 4) is 0 Å². The van der Waals surface area contributed by atoms with Crippen molar-refractivity contribution < 1.29 is 23.9 Å². The van der Waals surface area contributed by atoms with E-state index in [1.807, 2.05) is 0 Å². The highest BCUT2D eigenvalue weighted by molar-refractivity contribution is 9.10. The van der Waals surface area contributed by atoms with Crippen molar-refractivity contribution in [2.75, 3.05) is 16.8 Å². The van der Waals surface area contributed by atoms with Gasteiger partial charge < -0.3 is 10.1 Å². The SMILES string of the molecule is CCOC(=O)c1cccc(N2C(=O)c3ccc(NC(=O)c4ccc(Br)cc4)cc3C2=O)c1. The molecular weight excluding hydrogens is 476 g/mol. The number of rotatable bonds is 5. The van der Waals surface area contributed by atoms with E-state index in [1.54, 1.807) is 55.5 Å². The molecule has 4 rings (SSSR count). The van der Waals surface area contributed by atoms with Crippen LogP contribution in [0.3, 0.4) is 0 Å². The molecule has 3 aromatic rings. The van der Waals surface area contributed by atoms with Gasteiger partial charge in [-0.3, -0.25) is 14.4 Å². The number of hydrogen-bond acceptors (Lipinski definition) is 5. The summed E-state index contributed by atoms with van der Waals surface area (Å²) in [6, 6.07) is 17.5. The van der Waals surface area contributed by atoms with E-state index in [0.29, 0.717) is 11.3 Å². The topological polar surface area (TPSA) is 92.8 Å². The van der Waals surface area contributed by atoms with Gasteiger partial charge in [0.25, 0.3) is 17.7 Å². The second-order valence-corrected chi connectivity index (χ2v) is 7.85. The van der Waals surface area contributed by atoms with Crippen molar-refractivity contribution in [1.82, 2.24) is 0 Å². The fourth-order valence-electron chi connectivity index (χ4n) is 3.34. The second-order valence-electron chi connectivity index (χ2n) is 6.94. The van der Waals surface area contributed by atoms with E-state index in [0.717, 1.165) is 9.37 Å². The zero-order chi connectivity index (χ0) is 22.8. The fraction of sp³-hybridized carbons (Fsp3) is 0.0833. The number of nitrogens with one attached hydrogen (secondary N) is 1. The summed E-state index contributed by atoms with van der Waals surface area (Å²) in [5.41, 5.74) is 1.74. The highest BCUT2D eigenvalue weighted by Crippen LogP contribution is 2.31. The Labute approximate surface area is 192 Å². The summed E-state index contributed by atoms with van der Waals surface area (Å²) in [5.74, 6) is -1.92. The number of esters is 1. The Kier molecular flexibility index (Phi) is 5.87. The summed E-state index contributed by atoms with van der Waals surface area (Å²) in [6.07, 6.45) is 0. The van der Waals surface area contributed by atoms with Gasteiger partial charge in [-0.1, -0.05) is 22.0 Å². The van der Waals surface area contributed by atoms with Crippen LogP contribution in [0.4, 0.5) is 11.4 Å². The van der Waals surface area contributed by atoms with E-state index < -0.39 is 17.8 Å². The number of hydrogen-bond donors (Lipinski definition) is 1. The standard InChI is InChI=1S/C24H17BrN2O5/c1-2-32-24(31)15-4-3-5-18(12-15)27-22(29)19-11-10-17(13-20(19)23(27)30)26-21(28)14-6-8-16(25)9-7-14/h3-13H,2H2,1H3,(H,26,28). The number of anilines is 2. The second kappa shape index (κ2) is 8.76. The first kappa shape index (κ1) is 21.5. The third-order valence-corrected chi connectivity index (χ3v) is 5.39. The number of carbonyl (C=O) groups is 4. The van der Waals surface area contributed by atoms with E-state index in [4.69, 9.17) is 4.74 Å². The molecule has 0 saturated carbocycles. The third-order valence-electron chi connectivity index (χ3n) is 4.87. The first-order valence-corrected chi connectivity index (χ1v) is 10.5. The molecule has 0 saturated heterocycles. The Morgan fingerprint density at radius 3 is 2.34 bits per heavy atom. The number of amides is 3. The maximum atomic E-state index is 13.0. The molecular formula is C24H17BrN2O5.